The molecule has 0 spiro atoms. The molecule has 3 rings (SSSR count). The number of halogens is 4. The molecule has 2 amide bonds. The highest BCUT2D eigenvalue weighted by Gasteiger charge is 2.35. The molecule has 140 valence electrons. The van der Waals surface area contributed by atoms with Crippen LogP contribution < -0.4 is 10.1 Å². The first-order chi connectivity index (χ1) is 12.6. The van der Waals surface area contributed by atoms with Gasteiger partial charge in [0.25, 0.3) is 11.1 Å². The molecule has 5 nitrogen and oxygen atoms in total. The number of aromatic hydroxyl groups is 1. The fourth-order valence-corrected chi connectivity index (χ4v) is 3.07. The summed E-state index contributed by atoms with van der Waals surface area (Å²) in [5.41, 5.74) is -0.725. The molecule has 2 N–H and O–H groups in total. The molecule has 10 heteroatoms. The molecule has 1 saturated heterocycles. The molecule has 0 unspecified atom stereocenters. The summed E-state index contributed by atoms with van der Waals surface area (Å²) >= 11 is 6.31. The van der Waals surface area contributed by atoms with Crippen LogP contribution in [0.5, 0.6) is 17.2 Å². The summed E-state index contributed by atoms with van der Waals surface area (Å²) in [5.74, 6) is -1.75. The third kappa shape index (κ3) is 4.37. The quantitative estimate of drug-likeness (QED) is 0.675. The number of ether oxygens (including phenoxy) is 1. The number of amides is 2. The van der Waals surface area contributed by atoms with Gasteiger partial charge < -0.3 is 9.84 Å². The Bertz CT molecular complexity index is 975. The smallest absolute Gasteiger partial charge is 0.420 e. The second kappa shape index (κ2) is 7.16. The highest BCUT2D eigenvalue weighted by Crippen LogP contribution is 2.41. The molecule has 0 saturated carbocycles. The van der Waals surface area contributed by atoms with Gasteiger partial charge in [-0.2, -0.15) is 13.2 Å². The molecular formula is C17H9ClF3NO4S. The van der Waals surface area contributed by atoms with Gasteiger partial charge in [0, 0.05) is 5.02 Å². The van der Waals surface area contributed by atoms with Gasteiger partial charge in [-0.15, -0.1) is 0 Å². The number of benzene rings is 2. The molecule has 0 aliphatic carbocycles. The number of phenolic OH excluding ortho intramolecular Hbond substituents is 1. The highest BCUT2D eigenvalue weighted by molar-refractivity contribution is 8.18. The summed E-state index contributed by atoms with van der Waals surface area (Å²) in [6, 6.07) is 6.86. The summed E-state index contributed by atoms with van der Waals surface area (Å²) in [6.07, 6.45) is -3.34. The predicted octanol–water partition coefficient (Wildman–Crippen LogP) is 5.18. The number of hydrogen-bond acceptors (Lipinski definition) is 5. The Labute approximate surface area is 159 Å². The normalized spacial score (nSPS) is 15.9. The maximum Gasteiger partial charge on any atom is 0.420 e. The monoisotopic (exact) mass is 415 g/mol. The number of carbonyl (C=O) groups excluding carboxylic acids is 2. The lowest BCUT2D eigenvalue weighted by Gasteiger charge is -2.15. The molecule has 27 heavy (non-hydrogen) atoms. The number of rotatable bonds is 3. The van der Waals surface area contributed by atoms with Gasteiger partial charge in [-0.3, -0.25) is 14.9 Å². The molecule has 1 fully saturated rings. The van der Waals surface area contributed by atoms with Gasteiger partial charge in [0.1, 0.15) is 5.75 Å². The number of alkyl halides is 3. The van der Waals surface area contributed by atoms with Crippen LogP contribution in [0.25, 0.3) is 6.08 Å². The standard InChI is InChI=1S/C17H9ClF3NO4S/c18-9-2-4-12(10(7-9)17(19,20)21)26-13-3-1-8(5-11(13)23)6-14-15(24)22-16(25)27-14/h1-7,23H,(H,22,24,25)/b14-6-. The fourth-order valence-electron chi connectivity index (χ4n) is 2.21. The number of imide groups is 1. The Balaban J connectivity index is 1.89. The van der Waals surface area contributed by atoms with Crippen LogP contribution in [0.2, 0.25) is 5.02 Å². The van der Waals surface area contributed by atoms with Crippen molar-refractivity contribution in [2.24, 2.45) is 0 Å². The molecule has 0 radical (unpaired) electrons. The van der Waals surface area contributed by atoms with Gasteiger partial charge >= 0.3 is 6.18 Å². The van der Waals surface area contributed by atoms with Crippen LogP contribution in [-0.2, 0) is 11.0 Å². The average molecular weight is 416 g/mol. The van der Waals surface area contributed by atoms with Crippen molar-refractivity contribution in [1.29, 1.82) is 0 Å². The maximum absolute atomic E-state index is 13.1. The van der Waals surface area contributed by atoms with Crippen LogP contribution in [0.1, 0.15) is 11.1 Å². The second-order valence-corrected chi connectivity index (χ2v) is 6.77. The van der Waals surface area contributed by atoms with Crippen molar-refractivity contribution < 1.29 is 32.6 Å². The van der Waals surface area contributed by atoms with E-state index in [1.807, 2.05) is 0 Å². The minimum absolute atomic E-state index is 0.109. The molecule has 0 aromatic heterocycles. The first kappa shape index (κ1) is 19.1. The lowest BCUT2D eigenvalue weighted by Crippen LogP contribution is -2.17. The first-order valence-corrected chi connectivity index (χ1v) is 8.45. The predicted molar refractivity (Wildman–Crippen MR) is 93.7 cm³/mol. The van der Waals surface area contributed by atoms with Crippen LogP contribution in [0, 0.1) is 0 Å². The van der Waals surface area contributed by atoms with Gasteiger partial charge in [0.15, 0.2) is 11.5 Å². The van der Waals surface area contributed by atoms with E-state index in [9.17, 15) is 27.9 Å². The zero-order valence-electron chi connectivity index (χ0n) is 13.1. The van der Waals surface area contributed by atoms with E-state index in [-0.39, 0.29) is 15.7 Å². The molecule has 1 heterocycles. The van der Waals surface area contributed by atoms with E-state index in [1.54, 1.807) is 0 Å². The molecular weight excluding hydrogens is 407 g/mol. The maximum atomic E-state index is 13.1. The summed E-state index contributed by atoms with van der Waals surface area (Å²) < 4.78 is 44.5. The molecule has 0 atom stereocenters. The Morgan fingerprint density at radius 3 is 2.41 bits per heavy atom. The zero-order valence-corrected chi connectivity index (χ0v) is 14.7. The van der Waals surface area contributed by atoms with Gasteiger partial charge in [-0.05, 0) is 53.7 Å². The SMILES string of the molecule is O=C1NC(=O)/C(=C/c2ccc(Oc3ccc(Cl)cc3C(F)(F)F)c(O)c2)S1. The summed E-state index contributed by atoms with van der Waals surface area (Å²) in [5, 5.41) is 11.5. The molecule has 1 aliphatic rings. The van der Waals surface area contributed by atoms with Gasteiger partial charge in [0.05, 0.1) is 10.5 Å². The Morgan fingerprint density at radius 2 is 1.81 bits per heavy atom. The molecule has 2 aromatic carbocycles. The van der Waals surface area contributed by atoms with Crippen LogP contribution in [0.4, 0.5) is 18.0 Å². The van der Waals surface area contributed by atoms with Gasteiger partial charge in [0.2, 0.25) is 0 Å². The van der Waals surface area contributed by atoms with Crippen molar-refractivity contribution in [2.45, 2.75) is 6.18 Å². The third-order valence-corrected chi connectivity index (χ3v) is 4.44. The minimum atomic E-state index is -4.69. The fraction of sp³-hybridized carbons (Fsp3) is 0.0588. The number of nitrogens with one attached hydrogen (secondary N) is 1. The van der Waals surface area contributed by atoms with Gasteiger partial charge in [-0.1, -0.05) is 17.7 Å². The Morgan fingerprint density at radius 1 is 1.11 bits per heavy atom. The largest absolute Gasteiger partial charge is 0.504 e. The summed E-state index contributed by atoms with van der Waals surface area (Å²) in [6.45, 7) is 0. The van der Waals surface area contributed by atoms with E-state index < -0.39 is 34.4 Å². The van der Waals surface area contributed by atoms with E-state index in [1.165, 1.54) is 30.3 Å². The molecule has 0 bridgehead atoms. The summed E-state index contributed by atoms with van der Waals surface area (Å²) in [4.78, 5) is 22.8. The number of hydrogen-bond donors (Lipinski definition) is 2. The topological polar surface area (TPSA) is 75.6 Å². The van der Waals surface area contributed by atoms with Crippen molar-refractivity contribution >= 4 is 40.6 Å². The lowest BCUT2D eigenvalue weighted by atomic mass is 10.1. The Hall–Kier alpha value is -2.65. The second-order valence-electron chi connectivity index (χ2n) is 5.32. The van der Waals surface area contributed by atoms with Crippen LogP contribution in [0.3, 0.4) is 0 Å². The number of phenols is 1. The van der Waals surface area contributed by atoms with Crippen molar-refractivity contribution in [3.05, 3.63) is 57.5 Å². The van der Waals surface area contributed by atoms with Crippen LogP contribution in [0.15, 0.2) is 41.3 Å². The van der Waals surface area contributed by atoms with E-state index in [0.717, 1.165) is 12.1 Å². The van der Waals surface area contributed by atoms with E-state index in [0.29, 0.717) is 17.3 Å². The average Bonchev–Trinajstić information content (AvgIpc) is 2.88. The highest BCUT2D eigenvalue weighted by atomic mass is 35.5. The third-order valence-electron chi connectivity index (χ3n) is 3.39. The molecule has 1 aliphatic heterocycles. The van der Waals surface area contributed by atoms with Crippen LogP contribution in [-0.4, -0.2) is 16.3 Å². The Kier molecular flexibility index (Phi) is 5.07. The van der Waals surface area contributed by atoms with Crippen molar-refractivity contribution in [1.82, 2.24) is 5.32 Å². The zero-order chi connectivity index (χ0) is 19.8. The minimum Gasteiger partial charge on any atom is -0.504 e. The van der Waals surface area contributed by atoms with Crippen molar-refractivity contribution in [3.8, 4) is 17.2 Å². The van der Waals surface area contributed by atoms with E-state index >= 15 is 0 Å². The number of thioether (sulfide) groups is 1. The summed E-state index contributed by atoms with van der Waals surface area (Å²) in [7, 11) is 0. The lowest BCUT2D eigenvalue weighted by molar-refractivity contribution is -0.138. The van der Waals surface area contributed by atoms with Crippen molar-refractivity contribution in [3.63, 3.8) is 0 Å². The van der Waals surface area contributed by atoms with Crippen LogP contribution >= 0.6 is 23.4 Å². The van der Waals surface area contributed by atoms with Crippen molar-refractivity contribution in [2.75, 3.05) is 0 Å². The molecule has 2 aromatic rings. The van der Waals surface area contributed by atoms with E-state index in [2.05, 4.69) is 5.32 Å². The first-order valence-electron chi connectivity index (χ1n) is 7.26. The van der Waals surface area contributed by atoms with E-state index in [4.69, 9.17) is 16.3 Å². The van der Waals surface area contributed by atoms with Gasteiger partial charge in [-0.25, -0.2) is 0 Å². The number of carbonyl (C=O) groups is 2.